The van der Waals surface area contributed by atoms with Crippen LogP contribution in [0, 0.1) is 11.7 Å². The monoisotopic (exact) mass is 232 g/mol. The molecule has 3 nitrogen and oxygen atoms in total. The van der Waals surface area contributed by atoms with Crippen LogP contribution >= 0.6 is 12.2 Å². The summed E-state index contributed by atoms with van der Waals surface area (Å²) < 4.78 is 8.53. The van der Waals surface area contributed by atoms with E-state index in [1.54, 1.807) is 0 Å². The highest BCUT2D eigenvalue weighted by molar-refractivity contribution is 7.71. The summed E-state index contributed by atoms with van der Waals surface area (Å²) >= 11 is 5.29. The molecule has 2 aromatic rings. The van der Waals surface area contributed by atoms with E-state index in [2.05, 4.69) is 15.6 Å². The van der Waals surface area contributed by atoms with Gasteiger partial charge in [0.1, 0.15) is 12.4 Å². The Labute approximate surface area is 98.7 Å². The van der Waals surface area contributed by atoms with E-state index in [1.165, 1.54) is 5.56 Å². The number of para-hydroxylation sites is 1. The van der Waals surface area contributed by atoms with Gasteiger partial charge in [-0.2, -0.15) is 0 Å². The molecule has 1 aliphatic rings. The largest absolute Gasteiger partial charge is 0.491 e. The van der Waals surface area contributed by atoms with Gasteiger partial charge in [-0.3, -0.25) is 0 Å². The molecular formula is C12H12N2OS. The maximum absolute atomic E-state index is 5.66. The highest BCUT2D eigenvalue weighted by Gasteiger charge is 2.26. The Hall–Kier alpha value is -1.55. The second-order valence-electron chi connectivity index (χ2n) is 3.97. The molecule has 1 unspecified atom stereocenters. The molecule has 0 fully saturated rings. The number of aryl methyl sites for hydroxylation is 1. The van der Waals surface area contributed by atoms with Gasteiger partial charge >= 0.3 is 0 Å². The van der Waals surface area contributed by atoms with Gasteiger partial charge in [-0.15, -0.1) is 0 Å². The first-order valence-corrected chi connectivity index (χ1v) is 5.66. The van der Waals surface area contributed by atoms with Crippen LogP contribution in [-0.2, 0) is 0 Å². The Morgan fingerprint density at radius 1 is 1.44 bits per heavy atom. The summed E-state index contributed by atoms with van der Waals surface area (Å²) in [4.78, 5) is 3.07. The molecule has 0 aliphatic carbocycles. The number of H-pyrrole nitrogens is 1. The Morgan fingerprint density at radius 2 is 2.25 bits per heavy atom. The molecule has 0 amide bonds. The summed E-state index contributed by atoms with van der Waals surface area (Å²) in [6.07, 6.45) is 1.93. The van der Waals surface area contributed by atoms with E-state index in [9.17, 15) is 0 Å². The van der Waals surface area contributed by atoms with Crippen LogP contribution in [-0.4, -0.2) is 16.2 Å². The molecule has 4 heteroatoms. The van der Waals surface area contributed by atoms with Gasteiger partial charge in [-0.05, 0) is 25.2 Å². The zero-order valence-electron chi connectivity index (χ0n) is 8.93. The zero-order chi connectivity index (χ0) is 11.1. The second kappa shape index (κ2) is 3.49. The van der Waals surface area contributed by atoms with Gasteiger partial charge in [0.05, 0.1) is 6.04 Å². The minimum atomic E-state index is 0.204. The standard InChI is InChI=1S/C12H12N2OS/c1-8-6-13-12(16)14(8)10-7-15-11-5-3-2-4-9(10)11/h2-6,10H,7H2,1H3,(H,13,16). The zero-order valence-corrected chi connectivity index (χ0v) is 9.75. The predicted octanol–water partition coefficient (Wildman–Crippen LogP) is 2.84. The van der Waals surface area contributed by atoms with Crippen LogP contribution in [0.3, 0.4) is 0 Å². The maximum Gasteiger partial charge on any atom is 0.178 e. The van der Waals surface area contributed by atoms with Crippen molar-refractivity contribution in [2.45, 2.75) is 13.0 Å². The fraction of sp³-hybridized carbons (Fsp3) is 0.250. The number of nitrogens with one attached hydrogen (secondary N) is 1. The number of hydrogen-bond acceptors (Lipinski definition) is 2. The smallest absolute Gasteiger partial charge is 0.178 e. The molecule has 1 aromatic carbocycles. The molecule has 1 atom stereocenters. The normalized spacial score (nSPS) is 18.2. The topological polar surface area (TPSA) is 29.9 Å². The maximum atomic E-state index is 5.66. The quantitative estimate of drug-likeness (QED) is 0.766. The van der Waals surface area contributed by atoms with Crippen LogP contribution in [0.2, 0.25) is 0 Å². The third-order valence-electron chi connectivity index (χ3n) is 2.99. The van der Waals surface area contributed by atoms with Crippen LogP contribution in [0.4, 0.5) is 0 Å². The van der Waals surface area contributed by atoms with Crippen LogP contribution in [0.1, 0.15) is 17.3 Å². The molecule has 0 spiro atoms. The molecule has 0 saturated heterocycles. The van der Waals surface area contributed by atoms with Crippen molar-refractivity contribution in [3.8, 4) is 5.75 Å². The first-order valence-electron chi connectivity index (χ1n) is 5.25. The van der Waals surface area contributed by atoms with Gasteiger partial charge in [-0.1, -0.05) is 18.2 Å². The average Bonchev–Trinajstić information content (AvgIpc) is 2.83. The van der Waals surface area contributed by atoms with Crippen LogP contribution < -0.4 is 4.74 Å². The molecule has 1 N–H and O–H groups in total. The molecule has 0 bridgehead atoms. The second-order valence-corrected chi connectivity index (χ2v) is 4.36. The molecule has 3 rings (SSSR count). The lowest BCUT2D eigenvalue weighted by atomic mass is 10.1. The van der Waals surface area contributed by atoms with Gasteiger partial charge in [0.15, 0.2) is 4.77 Å². The van der Waals surface area contributed by atoms with Gasteiger partial charge in [-0.25, -0.2) is 0 Å². The Balaban J connectivity index is 2.15. The molecule has 82 valence electrons. The minimum absolute atomic E-state index is 0.204. The van der Waals surface area contributed by atoms with E-state index in [0.29, 0.717) is 6.61 Å². The summed E-state index contributed by atoms with van der Waals surface area (Å²) in [5.74, 6) is 0.968. The minimum Gasteiger partial charge on any atom is -0.491 e. The summed E-state index contributed by atoms with van der Waals surface area (Å²) in [6.45, 7) is 2.71. The van der Waals surface area contributed by atoms with Crippen LogP contribution in [0.5, 0.6) is 5.75 Å². The van der Waals surface area contributed by atoms with Gasteiger partial charge in [0.2, 0.25) is 0 Å². The Morgan fingerprint density at radius 3 is 3.00 bits per heavy atom. The summed E-state index contributed by atoms with van der Waals surface area (Å²) in [5, 5.41) is 0. The number of aromatic amines is 1. The van der Waals surface area contributed by atoms with Crippen molar-refractivity contribution < 1.29 is 4.74 Å². The van der Waals surface area contributed by atoms with E-state index in [4.69, 9.17) is 17.0 Å². The van der Waals surface area contributed by atoms with E-state index >= 15 is 0 Å². The number of hydrogen-bond donors (Lipinski definition) is 1. The molecule has 2 heterocycles. The average molecular weight is 232 g/mol. The van der Waals surface area contributed by atoms with E-state index in [-0.39, 0.29) is 6.04 Å². The lowest BCUT2D eigenvalue weighted by Gasteiger charge is -2.12. The lowest BCUT2D eigenvalue weighted by molar-refractivity contribution is 0.314. The molecule has 16 heavy (non-hydrogen) atoms. The molecule has 0 saturated carbocycles. The number of aromatic nitrogens is 2. The molecule has 1 aromatic heterocycles. The van der Waals surface area contributed by atoms with Gasteiger partial charge in [0, 0.05) is 17.5 Å². The van der Waals surface area contributed by atoms with Crippen molar-refractivity contribution in [1.82, 2.24) is 9.55 Å². The summed E-state index contributed by atoms with van der Waals surface area (Å²) in [5.41, 5.74) is 2.34. The van der Waals surface area contributed by atoms with Crippen molar-refractivity contribution in [1.29, 1.82) is 0 Å². The van der Waals surface area contributed by atoms with Gasteiger partial charge < -0.3 is 14.3 Å². The van der Waals surface area contributed by atoms with Crippen molar-refractivity contribution >= 4 is 12.2 Å². The SMILES string of the molecule is Cc1c[nH]c(=S)n1C1COc2ccccc21. The first kappa shape index (κ1) is 9.66. The fourth-order valence-electron chi connectivity index (χ4n) is 2.21. The highest BCUT2D eigenvalue weighted by Crippen LogP contribution is 2.35. The number of ether oxygens (including phenoxy) is 1. The number of imidazole rings is 1. The number of benzene rings is 1. The van der Waals surface area contributed by atoms with Crippen molar-refractivity contribution in [3.63, 3.8) is 0 Å². The molecule has 0 radical (unpaired) electrons. The fourth-order valence-corrected chi connectivity index (χ4v) is 2.54. The lowest BCUT2D eigenvalue weighted by Crippen LogP contribution is -2.13. The predicted molar refractivity (Wildman–Crippen MR) is 64.4 cm³/mol. The van der Waals surface area contributed by atoms with Crippen LogP contribution in [0.15, 0.2) is 30.5 Å². The summed E-state index contributed by atoms with van der Waals surface area (Å²) in [6, 6.07) is 8.33. The number of fused-ring (bicyclic) bond motifs is 1. The first-order chi connectivity index (χ1) is 7.77. The molecule has 1 aliphatic heterocycles. The van der Waals surface area contributed by atoms with Crippen molar-refractivity contribution in [2.24, 2.45) is 0 Å². The molecular weight excluding hydrogens is 220 g/mol. The van der Waals surface area contributed by atoms with Crippen LogP contribution in [0.25, 0.3) is 0 Å². The number of nitrogens with zero attached hydrogens (tertiary/aromatic N) is 1. The third kappa shape index (κ3) is 1.30. The highest BCUT2D eigenvalue weighted by atomic mass is 32.1. The van der Waals surface area contributed by atoms with E-state index < -0.39 is 0 Å². The number of rotatable bonds is 1. The van der Waals surface area contributed by atoms with Crippen molar-refractivity contribution in [3.05, 3.63) is 46.5 Å². The van der Waals surface area contributed by atoms with E-state index in [1.807, 2.05) is 31.3 Å². The Kier molecular flexibility index (Phi) is 2.11. The Bertz CT molecular complexity index is 585. The van der Waals surface area contributed by atoms with E-state index in [0.717, 1.165) is 16.2 Å². The van der Waals surface area contributed by atoms with Gasteiger partial charge in [0.25, 0.3) is 0 Å². The van der Waals surface area contributed by atoms with Crippen molar-refractivity contribution in [2.75, 3.05) is 6.61 Å². The summed E-state index contributed by atoms with van der Waals surface area (Å²) in [7, 11) is 0. The third-order valence-corrected chi connectivity index (χ3v) is 3.30.